The Morgan fingerprint density at radius 3 is 2.92 bits per heavy atom. The van der Waals surface area contributed by atoms with Crippen LogP contribution >= 0.6 is 23.1 Å². The zero-order valence-electron chi connectivity index (χ0n) is 14.7. The lowest BCUT2D eigenvalue weighted by atomic mass is 10.1. The molecular formula is C20H22N2O2S2. The first kappa shape index (κ1) is 17.6. The first-order valence-corrected chi connectivity index (χ1v) is 10.7. The van der Waals surface area contributed by atoms with Gasteiger partial charge < -0.3 is 15.1 Å². The van der Waals surface area contributed by atoms with Gasteiger partial charge in [0.05, 0.1) is 4.21 Å². The molecule has 2 aromatic heterocycles. The van der Waals surface area contributed by atoms with E-state index in [4.69, 9.17) is 10.2 Å². The van der Waals surface area contributed by atoms with Crippen LogP contribution in [0.1, 0.15) is 29.5 Å². The normalized spacial score (nSPS) is 20.2. The standard InChI is InChI=1S/C20H22N2O2S2/c1-13-9-14(10-21)11-22(13)20(23)19-16(12-26-18-7-4-8-25-18)15-5-2-3-6-17(15)24-19/h2-8,13-14H,9-12,21H2,1H3. The van der Waals surface area contributed by atoms with Gasteiger partial charge in [0.15, 0.2) is 5.76 Å². The third kappa shape index (κ3) is 3.29. The number of hydrogen-bond acceptors (Lipinski definition) is 5. The minimum Gasteiger partial charge on any atom is -0.451 e. The van der Waals surface area contributed by atoms with Crippen LogP contribution in [0.25, 0.3) is 11.0 Å². The molecule has 1 aliphatic rings. The Morgan fingerprint density at radius 2 is 2.19 bits per heavy atom. The third-order valence-electron chi connectivity index (χ3n) is 5.00. The minimum atomic E-state index is -0.00794. The van der Waals surface area contributed by atoms with Gasteiger partial charge in [0.25, 0.3) is 5.91 Å². The molecule has 2 unspecified atom stereocenters. The molecule has 2 N–H and O–H groups in total. The number of rotatable bonds is 5. The summed E-state index contributed by atoms with van der Waals surface area (Å²) in [6, 6.07) is 12.3. The Morgan fingerprint density at radius 1 is 1.35 bits per heavy atom. The summed E-state index contributed by atoms with van der Waals surface area (Å²) in [4.78, 5) is 15.2. The van der Waals surface area contributed by atoms with E-state index in [2.05, 4.69) is 18.4 Å². The van der Waals surface area contributed by atoms with Crippen LogP contribution in [-0.2, 0) is 5.75 Å². The highest BCUT2D eigenvalue weighted by Crippen LogP contribution is 2.35. The molecule has 0 bridgehead atoms. The highest BCUT2D eigenvalue weighted by atomic mass is 32.2. The van der Waals surface area contributed by atoms with E-state index in [0.29, 0.717) is 24.8 Å². The van der Waals surface area contributed by atoms with Gasteiger partial charge in [0.1, 0.15) is 5.58 Å². The summed E-state index contributed by atoms with van der Waals surface area (Å²) in [6.07, 6.45) is 0.960. The van der Waals surface area contributed by atoms with Gasteiger partial charge in [-0.15, -0.1) is 23.1 Å². The molecule has 0 saturated carbocycles. The molecule has 1 fully saturated rings. The number of likely N-dealkylation sites (tertiary alicyclic amines) is 1. The maximum atomic E-state index is 13.3. The van der Waals surface area contributed by atoms with E-state index in [-0.39, 0.29) is 11.9 Å². The molecule has 3 heterocycles. The van der Waals surface area contributed by atoms with E-state index in [0.717, 1.165) is 28.7 Å². The van der Waals surface area contributed by atoms with Crippen molar-refractivity contribution in [1.82, 2.24) is 4.90 Å². The van der Waals surface area contributed by atoms with Crippen LogP contribution in [0.3, 0.4) is 0 Å². The van der Waals surface area contributed by atoms with Gasteiger partial charge in [0.2, 0.25) is 0 Å². The summed E-state index contributed by atoms with van der Waals surface area (Å²) in [6.45, 7) is 3.43. The number of nitrogens with zero attached hydrogens (tertiary/aromatic N) is 1. The van der Waals surface area contributed by atoms with Gasteiger partial charge in [0, 0.05) is 29.3 Å². The van der Waals surface area contributed by atoms with Crippen LogP contribution in [0.2, 0.25) is 0 Å². The Bertz CT molecular complexity index is 904. The molecule has 1 aliphatic heterocycles. The first-order valence-electron chi connectivity index (χ1n) is 8.85. The Kier molecular flexibility index (Phi) is 5.07. The van der Waals surface area contributed by atoms with Crippen molar-refractivity contribution in [2.75, 3.05) is 13.1 Å². The Labute approximate surface area is 161 Å². The number of carbonyl (C=O) groups excluding carboxylic acids is 1. The molecular weight excluding hydrogens is 364 g/mol. The number of amides is 1. The van der Waals surface area contributed by atoms with Crippen molar-refractivity contribution in [3.63, 3.8) is 0 Å². The second-order valence-electron chi connectivity index (χ2n) is 6.77. The molecule has 4 rings (SSSR count). The number of furan rings is 1. The molecule has 136 valence electrons. The highest BCUT2D eigenvalue weighted by Gasteiger charge is 2.35. The summed E-state index contributed by atoms with van der Waals surface area (Å²) in [5, 5.41) is 3.10. The molecule has 1 amide bonds. The van der Waals surface area contributed by atoms with Crippen LogP contribution in [0.5, 0.6) is 0 Å². The quantitative estimate of drug-likeness (QED) is 0.651. The van der Waals surface area contributed by atoms with Crippen molar-refractivity contribution >= 4 is 40.0 Å². The summed E-state index contributed by atoms with van der Waals surface area (Å²) in [7, 11) is 0. The number of fused-ring (bicyclic) bond motifs is 1. The Hall–Kier alpha value is -1.76. The van der Waals surface area contributed by atoms with Gasteiger partial charge in [-0.1, -0.05) is 24.3 Å². The van der Waals surface area contributed by atoms with E-state index >= 15 is 0 Å². The maximum Gasteiger partial charge on any atom is 0.290 e. The van der Waals surface area contributed by atoms with Gasteiger partial charge in [-0.25, -0.2) is 0 Å². The molecule has 0 radical (unpaired) electrons. The number of thioether (sulfide) groups is 1. The smallest absolute Gasteiger partial charge is 0.290 e. The Balaban J connectivity index is 1.67. The fraction of sp³-hybridized carbons (Fsp3) is 0.350. The minimum absolute atomic E-state index is 0.00794. The van der Waals surface area contributed by atoms with E-state index < -0.39 is 0 Å². The molecule has 26 heavy (non-hydrogen) atoms. The number of hydrogen-bond donors (Lipinski definition) is 1. The lowest BCUT2D eigenvalue weighted by Gasteiger charge is -2.20. The third-order valence-corrected chi connectivity index (χ3v) is 7.16. The molecule has 1 saturated heterocycles. The van der Waals surface area contributed by atoms with Gasteiger partial charge in [-0.3, -0.25) is 4.79 Å². The molecule has 4 nitrogen and oxygen atoms in total. The van der Waals surface area contributed by atoms with Crippen molar-refractivity contribution in [2.24, 2.45) is 11.7 Å². The van der Waals surface area contributed by atoms with Crippen LogP contribution < -0.4 is 5.73 Å². The fourth-order valence-corrected chi connectivity index (χ4v) is 5.44. The summed E-state index contributed by atoms with van der Waals surface area (Å²) < 4.78 is 7.27. The van der Waals surface area contributed by atoms with Gasteiger partial charge in [-0.2, -0.15) is 0 Å². The van der Waals surface area contributed by atoms with E-state index in [1.807, 2.05) is 35.2 Å². The first-order chi connectivity index (χ1) is 12.7. The SMILES string of the molecule is CC1CC(CN)CN1C(=O)c1oc2ccccc2c1CSc1cccs1. The molecule has 1 aromatic carbocycles. The summed E-state index contributed by atoms with van der Waals surface area (Å²) in [5.41, 5.74) is 7.60. The summed E-state index contributed by atoms with van der Waals surface area (Å²) in [5.74, 6) is 1.58. The number of thiophene rings is 1. The topological polar surface area (TPSA) is 59.5 Å². The average Bonchev–Trinajstić information content (AvgIpc) is 3.37. The number of carbonyl (C=O) groups is 1. The fourth-order valence-electron chi connectivity index (χ4n) is 3.63. The van der Waals surface area contributed by atoms with Gasteiger partial charge >= 0.3 is 0 Å². The number of para-hydroxylation sites is 1. The van der Waals surface area contributed by atoms with Crippen LogP contribution in [-0.4, -0.2) is 29.9 Å². The monoisotopic (exact) mass is 386 g/mol. The maximum absolute atomic E-state index is 13.3. The lowest BCUT2D eigenvalue weighted by Crippen LogP contribution is -2.34. The zero-order chi connectivity index (χ0) is 18.1. The van der Waals surface area contributed by atoms with Crippen molar-refractivity contribution in [2.45, 2.75) is 29.3 Å². The van der Waals surface area contributed by atoms with Crippen LogP contribution in [0.4, 0.5) is 0 Å². The zero-order valence-corrected chi connectivity index (χ0v) is 16.3. The predicted molar refractivity (Wildman–Crippen MR) is 108 cm³/mol. The molecule has 0 aliphatic carbocycles. The number of benzene rings is 1. The lowest BCUT2D eigenvalue weighted by molar-refractivity contribution is 0.0712. The average molecular weight is 387 g/mol. The van der Waals surface area contributed by atoms with Crippen molar-refractivity contribution < 1.29 is 9.21 Å². The molecule has 3 aromatic rings. The molecule has 0 spiro atoms. The predicted octanol–water partition coefficient (Wildman–Crippen LogP) is 4.60. The van der Waals surface area contributed by atoms with Crippen LogP contribution in [0, 0.1) is 5.92 Å². The molecule has 2 atom stereocenters. The second kappa shape index (κ2) is 7.47. The van der Waals surface area contributed by atoms with Crippen molar-refractivity contribution in [1.29, 1.82) is 0 Å². The van der Waals surface area contributed by atoms with Crippen molar-refractivity contribution in [3.8, 4) is 0 Å². The van der Waals surface area contributed by atoms with E-state index in [1.54, 1.807) is 23.1 Å². The molecule has 6 heteroatoms. The number of nitrogens with two attached hydrogens (primary N) is 1. The van der Waals surface area contributed by atoms with E-state index in [9.17, 15) is 4.79 Å². The van der Waals surface area contributed by atoms with E-state index in [1.165, 1.54) is 4.21 Å². The largest absolute Gasteiger partial charge is 0.451 e. The van der Waals surface area contributed by atoms with Crippen molar-refractivity contribution in [3.05, 3.63) is 53.1 Å². The highest BCUT2D eigenvalue weighted by molar-refractivity contribution is 8.00. The second-order valence-corrected chi connectivity index (χ2v) is 8.99. The van der Waals surface area contributed by atoms with Gasteiger partial charge in [-0.05, 0) is 43.3 Å². The van der Waals surface area contributed by atoms with Crippen LogP contribution in [0.15, 0.2) is 50.4 Å². The summed E-state index contributed by atoms with van der Waals surface area (Å²) >= 11 is 3.46.